The van der Waals surface area contributed by atoms with Crippen LogP contribution in [0.1, 0.15) is 59.8 Å². The molecule has 0 heterocycles. The topological polar surface area (TPSA) is 29.5 Å². The molecular formula is C12H26O2. The van der Waals surface area contributed by atoms with E-state index in [1.165, 1.54) is 12.8 Å². The van der Waals surface area contributed by atoms with Crippen molar-refractivity contribution in [2.45, 2.75) is 71.5 Å². The molecule has 0 saturated carbocycles. The van der Waals surface area contributed by atoms with Crippen molar-refractivity contribution in [2.75, 3.05) is 6.61 Å². The Morgan fingerprint density at radius 1 is 1.21 bits per heavy atom. The molecule has 1 N–H and O–H groups in total. The molecule has 2 atom stereocenters. The first-order chi connectivity index (χ1) is 6.54. The Labute approximate surface area is 88.7 Å². The smallest absolute Gasteiger partial charge is 0.0745 e. The van der Waals surface area contributed by atoms with Gasteiger partial charge in [-0.3, -0.25) is 0 Å². The third-order valence-corrected chi connectivity index (χ3v) is 2.51. The van der Waals surface area contributed by atoms with Gasteiger partial charge in [0.15, 0.2) is 0 Å². The van der Waals surface area contributed by atoms with Crippen LogP contribution >= 0.6 is 0 Å². The van der Waals surface area contributed by atoms with Gasteiger partial charge in [-0.05, 0) is 26.7 Å². The number of hydrogen-bond acceptors (Lipinski definition) is 2. The summed E-state index contributed by atoms with van der Waals surface area (Å²) in [5.41, 5.74) is -0.0260. The van der Waals surface area contributed by atoms with Crippen LogP contribution in [0.4, 0.5) is 0 Å². The molecule has 0 bridgehead atoms. The molecule has 0 fully saturated rings. The lowest BCUT2D eigenvalue weighted by Gasteiger charge is -2.30. The van der Waals surface area contributed by atoms with Crippen LogP contribution in [0.15, 0.2) is 0 Å². The van der Waals surface area contributed by atoms with Gasteiger partial charge in [-0.15, -0.1) is 0 Å². The van der Waals surface area contributed by atoms with E-state index in [4.69, 9.17) is 4.74 Å². The molecule has 2 heteroatoms. The van der Waals surface area contributed by atoms with Crippen LogP contribution in [0.5, 0.6) is 0 Å². The molecular weight excluding hydrogens is 176 g/mol. The Bertz CT molecular complexity index is 134. The monoisotopic (exact) mass is 202 g/mol. The Morgan fingerprint density at radius 2 is 1.86 bits per heavy atom. The maximum atomic E-state index is 9.18. The Balaban J connectivity index is 3.95. The summed E-state index contributed by atoms with van der Waals surface area (Å²) >= 11 is 0. The Kier molecular flexibility index (Phi) is 7.20. The maximum absolute atomic E-state index is 9.18. The standard InChI is InChI=1S/C12H26O2/c1-5-7-9-12(4,8-6-2)14-10-11(3)13/h11,13H,5-10H2,1-4H3. The average Bonchev–Trinajstić information content (AvgIpc) is 2.13. The van der Waals surface area contributed by atoms with E-state index >= 15 is 0 Å². The largest absolute Gasteiger partial charge is 0.391 e. The number of aliphatic hydroxyl groups is 1. The molecule has 0 aromatic heterocycles. The molecule has 0 aliphatic rings. The summed E-state index contributed by atoms with van der Waals surface area (Å²) < 4.78 is 5.78. The molecule has 0 aliphatic heterocycles. The number of ether oxygens (including phenoxy) is 1. The van der Waals surface area contributed by atoms with Crippen LogP contribution < -0.4 is 0 Å². The van der Waals surface area contributed by atoms with Crippen molar-refractivity contribution >= 4 is 0 Å². The quantitative estimate of drug-likeness (QED) is 0.655. The van der Waals surface area contributed by atoms with Gasteiger partial charge in [0, 0.05) is 0 Å². The van der Waals surface area contributed by atoms with Gasteiger partial charge in [0.2, 0.25) is 0 Å². The van der Waals surface area contributed by atoms with E-state index in [2.05, 4.69) is 20.8 Å². The van der Waals surface area contributed by atoms with Gasteiger partial charge in [0.25, 0.3) is 0 Å². The highest BCUT2D eigenvalue weighted by atomic mass is 16.5. The van der Waals surface area contributed by atoms with E-state index in [-0.39, 0.29) is 11.7 Å². The van der Waals surface area contributed by atoms with Crippen LogP contribution in [-0.2, 0) is 4.74 Å². The predicted octanol–water partition coefficient (Wildman–Crippen LogP) is 3.13. The zero-order chi connectivity index (χ0) is 11.0. The van der Waals surface area contributed by atoms with Crippen LogP contribution in [0.25, 0.3) is 0 Å². The highest BCUT2D eigenvalue weighted by Crippen LogP contribution is 2.24. The molecule has 0 aliphatic carbocycles. The third kappa shape index (κ3) is 6.39. The van der Waals surface area contributed by atoms with Crippen molar-refractivity contribution in [3.63, 3.8) is 0 Å². The van der Waals surface area contributed by atoms with Gasteiger partial charge in [-0.25, -0.2) is 0 Å². The van der Waals surface area contributed by atoms with Gasteiger partial charge in [-0.1, -0.05) is 33.1 Å². The van der Waals surface area contributed by atoms with Crippen molar-refractivity contribution in [2.24, 2.45) is 0 Å². The second-order valence-electron chi connectivity index (χ2n) is 4.46. The van der Waals surface area contributed by atoms with Crippen LogP contribution in [0, 0.1) is 0 Å². The lowest BCUT2D eigenvalue weighted by atomic mass is 9.93. The lowest BCUT2D eigenvalue weighted by Crippen LogP contribution is -2.31. The van der Waals surface area contributed by atoms with Gasteiger partial charge >= 0.3 is 0 Å². The minimum atomic E-state index is -0.354. The Hall–Kier alpha value is -0.0800. The molecule has 86 valence electrons. The van der Waals surface area contributed by atoms with E-state index in [0.717, 1.165) is 19.3 Å². The molecule has 0 amide bonds. The van der Waals surface area contributed by atoms with E-state index < -0.39 is 0 Å². The molecule has 0 rings (SSSR count). The highest BCUT2D eigenvalue weighted by molar-refractivity contribution is 4.74. The predicted molar refractivity (Wildman–Crippen MR) is 60.5 cm³/mol. The second kappa shape index (κ2) is 7.24. The van der Waals surface area contributed by atoms with Crippen LogP contribution in [0.3, 0.4) is 0 Å². The molecule has 0 aromatic carbocycles. The number of hydrogen-bond donors (Lipinski definition) is 1. The van der Waals surface area contributed by atoms with Crippen molar-refractivity contribution in [3.8, 4) is 0 Å². The first-order valence-electron chi connectivity index (χ1n) is 5.86. The van der Waals surface area contributed by atoms with Crippen molar-refractivity contribution in [1.82, 2.24) is 0 Å². The first kappa shape index (κ1) is 13.9. The highest BCUT2D eigenvalue weighted by Gasteiger charge is 2.23. The first-order valence-corrected chi connectivity index (χ1v) is 5.86. The zero-order valence-electron chi connectivity index (χ0n) is 10.2. The minimum Gasteiger partial charge on any atom is -0.391 e. The summed E-state index contributed by atoms with van der Waals surface area (Å²) in [6, 6.07) is 0. The maximum Gasteiger partial charge on any atom is 0.0745 e. The summed E-state index contributed by atoms with van der Waals surface area (Å²) in [6.45, 7) is 8.76. The Morgan fingerprint density at radius 3 is 2.29 bits per heavy atom. The zero-order valence-corrected chi connectivity index (χ0v) is 10.2. The van der Waals surface area contributed by atoms with E-state index in [1.54, 1.807) is 6.92 Å². The molecule has 14 heavy (non-hydrogen) atoms. The summed E-state index contributed by atoms with van der Waals surface area (Å²) in [5.74, 6) is 0. The fraction of sp³-hybridized carbons (Fsp3) is 1.00. The van der Waals surface area contributed by atoms with Gasteiger partial charge in [0.05, 0.1) is 18.3 Å². The summed E-state index contributed by atoms with van der Waals surface area (Å²) in [4.78, 5) is 0. The average molecular weight is 202 g/mol. The second-order valence-corrected chi connectivity index (χ2v) is 4.46. The number of aliphatic hydroxyl groups excluding tert-OH is 1. The fourth-order valence-corrected chi connectivity index (χ4v) is 1.67. The minimum absolute atomic E-state index is 0.0260. The van der Waals surface area contributed by atoms with Crippen LogP contribution in [0.2, 0.25) is 0 Å². The van der Waals surface area contributed by atoms with Gasteiger partial charge in [-0.2, -0.15) is 0 Å². The number of unbranched alkanes of at least 4 members (excludes halogenated alkanes) is 1. The molecule has 0 radical (unpaired) electrons. The molecule has 0 spiro atoms. The third-order valence-electron chi connectivity index (χ3n) is 2.51. The van der Waals surface area contributed by atoms with E-state index in [0.29, 0.717) is 6.61 Å². The SMILES string of the molecule is CCCCC(C)(CCC)OCC(C)O. The van der Waals surface area contributed by atoms with Crippen molar-refractivity contribution in [3.05, 3.63) is 0 Å². The molecule has 0 saturated heterocycles. The van der Waals surface area contributed by atoms with Crippen LogP contribution in [-0.4, -0.2) is 23.4 Å². The van der Waals surface area contributed by atoms with E-state index in [9.17, 15) is 5.11 Å². The summed E-state index contributed by atoms with van der Waals surface area (Å²) in [6.07, 6.45) is 5.38. The number of rotatable bonds is 8. The molecule has 2 nitrogen and oxygen atoms in total. The van der Waals surface area contributed by atoms with Crippen molar-refractivity contribution in [1.29, 1.82) is 0 Å². The fourth-order valence-electron chi connectivity index (χ4n) is 1.67. The summed E-state index contributed by atoms with van der Waals surface area (Å²) in [7, 11) is 0. The molecule has 2 unspecified atom stereocenters. The summed E-state index contributed by atoms with van der Waals surface area (Å²) in [5, 5.41) is 9.18. The lowest BCUT2D eigenvalue weighted by molar-refractivity contribution is -0.0758. The normalized spacial score (nSPS) is 17.8. The van der Waals surface area contributed by atoms with Gasteiger partial charge < -0.3 is 9.84 Å². The van der Waals surface area contributed by atoms with Crippen molar-refractivity contribution < 1.29 is 9.84 Å². The van der Waals surface area contributed by atoms with Gasteiger partial charge in [0.1, 0.15) is 0 Å². The molecule has 0 aromatic rings. The van der Waals surface area contributed by atoms with E-state index in [1.807, 2.05) is 0 Å².